The highest BCUT2D eigenvalue weighted by Crippen LogP contribution is 1.93. The predicted molar refractivity (Wildman–Crippen MR) is 67.9 cm³/mol. The van der Waals surface area contributed by atoms with E-state index in [2.05, 4.69) is 15.3 Å². The summed E-state index contributed by atoms with van der Waals surface area (Å²) in [5, 5.41) is 8.01. The standard InChI is InChI=1S/C8H14N4OS.C2H6/c9-14-4-2-8(13)11-3-1-7-5-10-6-12-7;1-2/h5-6H,1-4,9H2,(H,10,12)(H,11,13);1-2H3. The summed E-state index contributed by atoms with van der Waals surface area (Å²) in [4.78, 5) is 18.0. The van der Waals surface area contributed by atoms with Gasteiger partial charge in [0.15, 0.2) is 0 Å². The van der Waals surface area contributed by atoms with E-state index in [1.165, 1.54) is 11.9 Å². The summed E-state index contributed by atoms with van der Waals surface area (Å²) in [5.41, 5.74) is 1.03. The van der Waals surface area contributed by atoms with Crippen LogP contribution in [0.4, 0.5) is 0 Å². The molecule has 1 aromatic heterocycles. The van der Waals surface area contributed by atoms with Gasteiger partial charge in [-0.3, -0.25) is 9.93 Å². The molecule has 6 heteroatoms. The maximum Gasteiger partial charge on any atom is 0.220 e. The third-order valence-electron chi connectivity index (χ3n) is 1.72. The molecule has 16 heavy (non-hydrogen) atoms. The van der Waals surface area contributed by atoms with Gasteiger partial charge in [0.05, 0.1) is 6.33 Å². The highest BCUT2D eigenvalue weighted by molar-refractivity contribution is 7.97. The van der Waals surface area contributed by atoms with Crippen molar-refractivity contribution in [1.82, 2.24) is 15.3 Å². The van der Waals surface area contributed by atoms with E-state index < -0.39 is 0 Å². The van der Waals surface area contributed by atoms with Crippen LogP contribution < -0.4 is 10.5 Å². The number of amides is 1. The Kier molecular flexibility index (Phi) is 9.84. The Morgan fingerprint density at radius 2 is 2.38 bits per heavy atom. The lowest BCUT2D eigenvalue weighted by molar-refractivity contribution is -0.120. The van der Waals surface area contributed by atoms with Crippen LogP contribution in [-0.2, 0) is 11.2 Å². The molecule has 0 saturated heterocycles. The average Bonchev–Trinajstić information content (AvgIpc) is 2.82. The fourth-order valence-electron chi connectivity index (χ4n) is 0.998. The molecule has 92 valence electrons. The number of nitrogens with zero attached hydrogens (tertiary/aromatic N) is 1. The van der Waals surface area contributed by atoms with Crippen molar-refractivity contribution in [1.29, 1.82) is 0 Å². The molecule has 0 unspecified atom stereocenters. The van der Waals surface area contributed by atoms with E-state index in [1.807, 2.05) is 13.8 Å². The van der Waals surface area contributed by atoms with E-state index in [0.29, 0.717) is 18.7 Å². The lowest BCUT2D eigenvalue weighted by Crippen LogP contribution is -2.26. The molecule has 0 aliphatic heterocycles. The van der Waals surface area contributed by atoms with Crippen LogP contribution in [0, 0.1) is 0 Å². The van der Waals surface area contributed by atoms with Crippen molar-refractivity contribution in [2.75, 3.05) is 12.3 Å². The summed E-state index contributed by atoms with van der Waals surface area (Å²) in [6.07, 6.45) is 4.63. The molecule has 5 nitrogen and oxygen atoms in total. The Morgan fingerprint density at radius 3 is 2.94 bits per heavy atom. The minimum absolute atomic E-state index is 0.0439. The smallest absolute Gasteiger partial charge is 0.220 e. The second-order valence-corrected chi connectivity index (χ2v) is 3.54. The largest absolute Gasteiger partial charge is 0.356 e. The van der Waals surface area contributed by atoms with Crippen molar-refractivity contribution in [3.8, 4) is 0 Å². The van der Waals surface area contributed by atoms with Gasteiger partial charge >= 0.3 is 0 Å². The second-order valence-electron chi connectivity index (χ2n) is 2.80. The van der Waals surface area contributed by atoms with Crippen molar-refractivity contribution in [2.45, 2.75) is 26.7 Å². The summed E-state index contributed by atoms with van der Waals surface area (Å²) in [7, 11) is 0. The van der Waals surface area contributed by atoms with Gasteiger partial charge in [-0.15, -0.1) is 0 Å². The van der Waals surface area contributed by atoms with E-state index in [-0.39, 0.29) is 5.91 Å². The van der Waals surface area contributed by atoms with E-state index in [4.69, 9.17) is 5.14 Å². The number of carbonyl (C=O) groups excluding carboxylic acids is 1. The van der Waals surface area contributed by atoms with Crippen molar-refractivity contribution < 1.29 is 4.79 Å². The van der Waals surface area contributed by atoms with Crippen LogP contribution in [-0.4, -0.2) is 28.2 Å². The van der Waals surface area contributed by atoms with Crippen LogP contribution >= 0.6 is 11.9 Å². The van der Waals surface area contributed by atoms with Gasteiger partial charge in [0.25, 0.3) is 0 Å². The van der Waals surface area contributed by atoms with E-state index >= 15 is 0 Å². The van der Waals surface area contributed by atoms with Crippen LogP contribution in [0.25, 0.3) is 0 Å². The fourth-order valence-corrected chi connectivity index (χ4v) is 1.30. The van der Waals surface area contributed by atoms with Gasteiger partial charge in [-0.05, 0) is 0 Å². The van der Waals surface area contributed by atoms with Gasteiger partial charge in [-0.25, -0.2) is 4.98 Å². The van der Waals surface area contributed by atoms with Crippen molar-refractivity contribution in [3.63, 3.8) is 0 Å². The van der Waals surface area contributed by atoms with Crippen LogP contribution in [0.3, 0.4) is 0 Å². The zero-order valence-electron chi connectivity index (χ0n) is 9.82. The number of carbonyl (C=O) groups is 1. The monoisotopic (exact) mass is 244 g/mol. The molecule has 4 N–H and O–H groups in total. The summed E-state index contributed by atoms with van der Waals surface area (Å²) >= 11 is 1.18. The fraction of sp³-hybridized carbons (Fsp3) is 0.600. The lowest BCUT2D eigenvalue weighted by atomic mass is 10.3. The average molecular weight is 244 g/mol. The molecular formula is C10H20N4OS. The third kappa shape index (κ3) is 7.30. The Morgan fingerprint density at radius 1 is 1.62 bits per heavy atom. The molecule has 0 spiro atoms. The maximum atomic E-state index is 11.1. The molecule has 1 amide bonds. The number of aromatic amines is 1. The van der Waals surface area contributed by atoms with Gasteiger partial charge in [0, 0.05) is 37.0 Å². The first-order chi connectivity index (χ1) is 7.83. The third-order valence-corrected chi connectivity index (χ3v) is 2.16. The molecule has 0 aliphatic carbocycles. The minimum atomic E-state index is 0.0439. The minimum Gasteiger partial charge on any atom is -0.356 e. The number of rotatable bonds is 6. The second kappa shape index (κ2) is 10.5. The number of H-pyrrole nitrogens is 1. The van der Waals surface area contributed by atoms with E-state index in [9.17, 15) is 4.79 Å². The molecule has 0 atom stereocenters. The molecule has 1 aromatic rings. The zero-order chi connectivity index (χ0) is 12.2. The Labute approximate surface area is 101 Å². The molecule has 0 bridgehead atoms. The summed E-state index contributed by atoms with van der Waals surface area (Å²) in [6.45, 7) is 4.64. The summed E-state index contributed by atoms with van der Waals surface area (Å²) < 4.78 is 0. The predicted octanol–water partition coefficient (Wildman–Crippen LogP) is 1.09. The zero-order valence-corrected chi connectivity index (χ0v) is 10.6. The SMILES string of the molecule is CC.NSCCC(=O)NCCc1cnc[nH]1. The molecular weight excluding hydrogens is 224 g/mol. The van der Waals surface area contributed by atoms with Crippen molar-refractivity contribution >= 4 is 17.9 Å². The number of aromatic nitrogens is 2. The molecule has 0 fully saturated rings. The molecule has 0 radical (unpaired) electrons. The number of nitrogens with one attached hydrogen (secondary N) is 2. The van der Waals surface area contributed by atoms with Crippen LogP contribution in [0.2, 0.25) is 0 Å². The Balaban J connectivity index is 0.00000106. The van der Waals surface area contributed by atoms with Crippen LogP contribution in [0.15, 0.2) is 12.5 Å². The molecule has 1 heterocycles. The van der Waals surface area contributed by atoms with Crippen molar-refractivity contribution in [2.24, 2.45) is 5.14 Å². The van der Waals surface area contributed by atoms with Gasteiger partial charge in [0.2, 0.25) is 5.91 Å². The van der Waals surface area contributed by atoms with E-state index in [0.717, 1.165) is 12.1 Å². The Bertz CT molecular complexity index is 264. The van der Waals surface area contributed by atoms with Crippen LogP contribution in [0.5, 0.6) is 0 Å². The molecule has 0 saturated carbocycles. The molecule has 0 aromatic carbocycles. The van der Waals surface area contributed by atoms with Crippen LogP contribution in [0.1, 0.15) is 26.0 Å². The van der Waals surface area contributed by atoms with Gasteiger partial charge in [-0.2, -0.15) is 0 Å². The first kappa shape index (κ1) is 15.0. The summed E-state index contributed by atoms with van der Waals surface area (Å²) in [6, 6.07) is 0. The number of hydrogen-bond donors (Lipinski definition) is 3. The quantitative estimate of drug-likeness (QED) is 0.654. The summed E-state index contributed by atoms with van der Waals surface area (Å²) in [5.74, 6) is 0.707. The number of imidazole rings is 1. The normalized spacial score (nSPS) is 9.19. The first-order valence-corrected chi connectivity index (χ1v) is 6.43. The highest BCUT2D eigenvalue weighted by atomic mass is 32.2. The van der Waals surface area contributed by atoms with Gasteiger partial charge in [0.1, 0.15) is 0 Å². The first-order valence-electron chi connectivity index (χ1n) is 5.38. The van der Waals surface area contributed by atoms with E-state index in [1.54, 1.807) is 12.5 Å². The highest BCUT2D eigenvalue weighted by Gasteiger charge is 2.00. The molecule has 0 aliphatic rings. The number of hydrogen-bond acceptors (Lipinski definition) is 4. The van der Waals surface area contributed by atoms with Gasteiger partial charge < -0.3 is 10.3 Å². The topological polar surface area (TPSA) is 83.8 Å². The van der Waals surface area contributed by atoms with Crippen molar-refractivity contribution in [3.05, 3.63) is 18.2 Å². The maximum absolute atomic E-state index is 11.1. The van der Waals surface area contributed by atoms with Gasteiger partial charge in [-0.1, -0.05) is 25.8 Å². The Hall–Kier alpha value is -1.01. The number of nitrogens with two attached hydrogens (primary N) is 1. The lowest BCUT2D eigenvalue weighted by Gasteiger charge is -2.02. The molecule has 1 rings (SSSR count).